The molecular formula is C11H15N5O3. The van der Waals surface area contributed by atoms with Crippen LogP contribution in [-0.2, 0) is 4.74 Å². The largest absolute Gasteiger partial charge is 0.371 e. The molecular weight excluding hydrogens is 250 g/mol. The summed E-state index contributed by atoms with van der Waals surface area (Å²) in [4.78, 5) is 20.7. The number of anilines is 2. The summed E-state index contributed by atoms with van der Waals surface area (Å²) >= 11 is 0. The zero-order chi connectivity index (χ0) is 13.4. The maximum Gasteiger partial charge on any atom is 0.329 e. The molecule has 8 nitrogen and oxygen atoms in total. The van der Waals surface area contributed by atoms with Crippen molar-refractivity contribution in [1.82, 2.24) is 9.97 Å². The molecule has 0 saturated carbocycles. The Morgan fingerprint density at radius 2 is 2.16 bits per heavy atom. The first kappa shape index (κ1) is 12.1. The predicted octanol–water partition coefficient (Wildman–Crippen LogP) is 0.794. The number of ether oxygens (including phenoxy) is 1. The van der Waals surface area contributed by atoms with Gasteiger partial charge in [-0.05, 0) is 12.8 Å². The summed E-state index contributed by atoms with van der Waals surface area (Å²) in [6.45, 7) is 1.30. The monoisotopic (exact) mass is 265 g/mol. The third-order valence-corrected chi connectivity index (χ3v) is 3.51. The van der Waals surface area contributed by atoms with Crippen molar-refractivity contribution in [3.8, 4) is 0 Å². The highest BCUT2D eigenvalue weighted by molar-refractivity contribution is 5.59. The Kier molecular flexibility index (Phi) is 2.94. The van der Waals surface area contributed by atoms with E-state index in [1.54, 1.807) is 7.05 Å². The molecule has 3 rings (SSSR count). The minimum absolute atomic E-state index is 0.0553. The van der Waals surface area contributed by atoms with Crippen LogP contribution in [0.25, 0.3) is 0 Å². The van der Waals surface area contributed by atoms with Crippen LogP contribution in [0.1, 0.15) is 12.8 Å². The van der Waals surface area contributed by atoms with E-state index in [9.17, 15) is 10.1 Å². The van der Waals surface area contributed by atoms with E-state index in [1.165, 1.54) is 6.20 Å². The number of nitro groups is 1. The molecule has 0 amide bonds. The Labute approximate surface area is 109 Å². The molecule has 1 aromatic rings. The fourth-order valence-electron chi connectivity index (χ4n) is 2.64. The van der Waals surface area contributed by atoms with Gasteiger partial charge < -0.3 is 15.0 Å². The molecule has 2 fully saturated rings. The van der Waals surface area contributed by atoms with Crippen LogP contribution in [0.3, 0.4) is 0 Å². The van der Waals surface area contributed by atoms with E-state index in [0.29, 0.717) is 24.9 Å². The first-order valence-corrected chi connectivity index (χ1v) is 6.27. The van der Waals surface area contributed by atoms with Gasteiger partial charge in [0.2, 0.25) is 11.8 Å². The smallest absolute Gasteiger partial charge is 0.329 e. The lowest BCUT2D eigenvalue weighted by Gasteiger charge is -2.32. The van der Waals surface area contributed by atoms with Gasteiger partial charge in [-0.3, -0.25) is 10.1 Å². The van der Waals surface area contributed by atoms with E-state index in [1.807, 2.05) is 4.90 Å². The van der Waals surface area contributed by atoms with Gasteiger partial charge in [-0.2, -0.15) is 4.98 Å². The van der Waals surface area contributed by atoms with Crippen LogP contribution < -0.4 is 10.2 Å². The van der Waals surface area contributed by atoms with Gasteiger partial charge in [0.15, 0.2) is 0 Å². The average Bonchev–Trinajstić information content (AvgIpc) is 2.76. The lowest BCUT2D eigenvalue weighted by Crippen LogP contribution is -2.43. The minimum atomic E-state index is -0.438. The number of hydrogen-bond donors (Lipinski definition) is 1. The van der Waals surface area contributed by atoms with E-state index in [4.69, 9.17) is 4.74 Å². The number of hydrogen-bond acceptors (Lipinski definition) is 7. The van der Waals surface area contributed by atoms with Gasteiger partial charge in [-0.1, -0.05) is 0 Å². The number of morpholine rings is 1. The molecule has 0 spiro atoms. The highest BCUT2D eigenvalue weighted by atomic mass is 16.6. The molecule has 2 bridgehead atoms. The van der Waals surface area contributed by atoms with Crippen LogP contribution in [0.15, 0.2) is 6.20 Å². The lowest BCUT2D eigenvalue weighted by molar-refractivity contribution is -0.384. The summed E-state index contributed by atoms with van der Waals surface area (Å²) < 4.78 is 5.74. The van der Waals surface area contributed by atoms with Crippen LogP contribution in [0.2, 0.25) is 0 Å². The molecule has 2 aliphatic rings. The average molecular weight is 265 g/mol. The molecule has 0 aromatic carbocycles. The molecule has 2 saturated heterocycles. The van der Waals surface area contributed by atoms with E-state index >= 15 is 0 Å². The lowest BCUT2D eigenvalue weighted by atomic mass is 10.2. The van der Waals surface area contributed by atoms with Crippen molar-refractivity contribution in [1.29, 1.82) is 0 Å². The number of nitrogens with one attached hydrogen (secondary N) is 1. The Bertz CT molecular complexity index is 497. The molecule has 0 radical (unpaired) electrons. The number of nitrogens with zero attached hydrogens (tertiary/aromatic N) is 4. The Hall–Kier alpha value is -1.96. The number of rotatable bonds is 3. The molecule has 0 aliphatic carbocycles. The van der Waals surface area contributed by atoms with Crippen LogP contribution >= 0.6 is 0 Å². The van der Waals surface area contributed by atoms with Crippen molar-refractivity contribution in [2.75, 3.05) is 30.4 Å². The van der Waals surface area contributed by atoms with Crippen LogP contribution in [0.5, 0.6) is 0 Å². The summed E-state index contributed by atoms with van der Waals surface area (Å²) in [5.74, 6) is 0.768. The van der Waals surface area contributed by atoms with Crippen molar-refractivity contribution in [2.45, 2.75) is 25.0 Å². The molecule has 19 heavy (non-hydrogen) atoms. The molecule has 1 aromatic heterocycles. The van der Waals surface area contributed by atoms with Crippen LogP contribution in [-0.4, -0.2) is 47.2 Å². The van der Waals surface area contributed by atoms with Gasteiger partial charge >= 0.3 is 5.69 Å². The number of aromatic nitrogens is 2. The van der Waals surface area contributed by atoms with Crippen LogP contribution in [0.4, 0.5) is 17.5 Å². The molecule has 8 heteroatoms. The normalized spacial score (nSPS) is 25.4. The SMILES string of the molecule is CNc1ncc([N+](=O)[O-])c(N2CC3CCC(C2)O3)n1. The van der Waals surface area contributed by atoms with E-state index in [-0.39, 0.29) is 17.9 Å². The number of fused-ring (bicyclic) bond motifs is 2. The second-order valence-electron chi connectivity index (χ2n) is 4.77. The fourth-order valence-corrected chi connectivity index (χ4v) is 2.64. The molecule has 2 unspecified atom stereocenters. The summed E-state index contributed by atoms with van der Waals surface area (Å²) in [6, 6.07) is 0. The van der Waals surface area contributed by atoms with E-state index in [0.717, 1.165) is 12.8 Å². The summed E-state index contributed by atoms with van der Waals surface area (Å²) in [7, 11) is 1.69. The summed E-state index contributed by atoms with van der Waals surface area (Å²) in [5, 5.41) is 13.9. The van der Waals surface area contributed by atoms with Crippen molar-refractivity contribution >= 4 is 17.5 Å². The van der Waals surface area contributed by atoms with Gasteiger partial charge in [-0.15, -0.1) is 0 Å². The summed E-state index contributed by atoms with van der Waals surface area (Å²) in [5.41, 5.74) is -0.0553. The fraction of sp³-hybridized carbons (Fsp3) is 0.636. The van der Waals surface area contributed by atoms with Crippen LogP contribution in [0, 0.1) is 10.1 Å². The van der Waals surface area contributed by atoms with Crippen molar-refractivity contribution < 1.29 is 9.66 Å². The van der Waals surface area contributed by atoms with E-state index in [2.05, 4.69) is 15.3 Å². The Morgan fingerprint density at radius 3 is 2.74 bits per heavy atom. The maximum atomic E-state index is 11.1. The van der Waals surface area contributed by atoms with Gasteiger partial charge in [-0.25, -0.2) is 4.98 Å². The van der Waals surface area contributed by atoms with E-state index < -0.39 is 4.92 Å². The van der Waals surface area contributed by atoms with Gasteiger partial charge in [0.25, 0.3) is 0 Å². The first-order valence-electron chi connectivity index (χ1n) is 6.27. The quantitative estimate of drug-likeness (QED) is 0.638. The van der Waals surface area contributed by atoms with Crippen molar-refractivity contribution in [3.63, 3.8) is 0 Å². The third-order valence-electron chi connectivity index (χ3n) is 3.51. The molecule has 1 N–H and O–H groups in total. The standard InChI is InChI=1S/C11H15N5O3/c1-12-11-13-4-9(16(17)18)10(14-11)15-5-7-2-3-8(6-15)19-7/h4,7-8H,2-3,5-6H2,1H3,(H,12,13,14). The maximum absolute atomic E-state index is 11.1. The highest BCUT2D eigenvalue weighted by Gasteiger charge is 2.36. The Balaban J connectivity index is 1.95. The predicted molar refractivity (Wildman–Crippen MR) is 68.3 cm³/mol. The topological polar surface area (TPSA) is 93.4 Å². The first-order chi connectivity index (χ1) is 9.17. The van der Waals surface area contributed by atoms with Crippen molar-refractivity contribution in [3.05, 3.63) is 16.3 Å². The van der Waals surface area contributed by atoms with Gasteiger partial charge in [0.05, 0.1) is 17.1 Å². The van der Waals surface area contributed by atoms with Gasteiger partial charge in [0.1, 0.15) is 6.20 Å². The van der Waals surface area contributed by atoms with Crippen molar-refractivity contribution in [2.24, 2.45) is 0 Å². The highest BCUT2D eigenvalue weighted by Crippen LogP contribution is 2.33. The third kappa shape index (κ3) is 2.19. The molecule has 102 valence electrons. The van der Waals surface area contributed by atoms with Gasteiger partial charge in [0, 0.05) is 20.1 Å². The second kappa shape index (κ2) is 4.61. The zero-order valence-corrected chi connectivity index (χ0v) is 10.6. The molecule has 3 heterocycles. The summed E-state index contributed by atoms with van der Waals surface area (Å²) in [6.07, 6.45) is 3.60. The second-order valence-corrected chi connectivity index (χ2v) is 4.77. The molecule has 2 atom stereocenters. The Morgan fingerprint density at radius 1 is 1.47 bits per heavy atom. The minimum Gasteiger partial charge on any atom is -0.371 e. The molecule has 2 aliphatic heterocycles. The zero-order valence-electron chi connectivity index (χ0n) is 10.6.